The van der Waals surface area contributed by atoms with Gasteiger partial charge in [0.25, 0.3) is 0 Å². The van der Waals surface area contributed by atoms with Gasteiger partial charge in [-0.3, -0.25) is 0 Å². The van der Waals surface area contributed by atoms with Crippen LogP contribution < -0.4 is 18.9 Å². The Morgan fingerprint density at radius 2 is 0.771 bits per heavy atom. The Morgan fingerprint density at radius 3 is 1.06 bits per heavy atom. The molecule has 0 fully saturated rings. The van der Waals surface area contributed by atoms with Crippen LogP contribution in [0.15, 0.2) is 97.1 Å². The molecule has 2 atom stereocenters. The van der Waals surface area contributed by atoms with E-state index in [4.69, 9.17) is 24.1 Å². The molecule has 7 nitrogen and oxygen atoms in total. The second-order valence-electron chi connectivity index (χ2n) is 11.4. The number of benzene rings is 4. The predicted octanol–water partition coefficient (Wildman–Crippen LogP) is 6.89. The molecule has 0 amide bonds. The molecular weight excluding hydrogens is 1030 g/mol. The van der Waals surface area contributed by atoms with Crippen LogP contribution in [0.5, 0.6) is 23.0 Å². The first kappa shape index (κ1) is 44.9. The minimum absolute atomic E-state index is 0. The van der Waals surface area contributed by atoms with Gasteiger partial charge in [-0.05, 0) is 99.2 Å². The molecule has 4 aromatic carbocycles. The standard InChI is InChI=1S/C20H26O3.C19H24O4.2Ac/c1-3-4-5-17-8-12-20(13-9-17)23-15-18(21)14-22-19-10-6-16(2)7-11-19;1-15-4-8-18(9-5-15)22-13-17(21)14-23-19-10-6-16(7-11-19)3-2-12-20;;/h6-13,18,21H,3-5,14-15H2,1-2H3;4-11,17,20-21H,2-3,12-14H2,1H3;;. The van der Waals surface area contributed by atoms with Crippen LogP contribution in [0, 0.1) is 102 Å². The van der Waals surface area contributed by atoms with Gasteiger partial charge in [-0.25, -0.2) is 0 Å². The molecular formula is C39H50Ac2O7. The van der Waals surface area contributed by atoms with E-state index in [2.05, 4.69) is 19.1 Å². The first-order valence-electron chi connectivity index (χ1n) is 16.1. The van der Waals surface area contributed by atoms with Gasteiger partial charge in [0.1, 0.15) is 61.6 Å². The molecule has 48 heavy (non-hydrogen) atoms. The van der Waals surface area contributed by atoms with Gasteiger partial charge in [0.2, 0.25) is 0 Å². The maximum atomic E-state index is 9.95. The van der Waals surface area contributed by atoms with Crippen molar-refractivity contribution < 1.29 is 122 Å². The van der Waals surface area contributed by atoms with Crippen LogP contribution >= 0.6 is 0 Å². The molecule has 4 rings (SSSR count). The largest absolute Gasteiger partial charge is 0.491 e. The molecule has 3 N–H and O–H groups in total. The minimum Gasteiger partial charge on any atom is -0.491 e. The van der Waals surface area contributed by atoms with Crippen molar-refractivity contribution >= 4 is 0 Å². The summed E-state index contributed by atoms with van der Waals surface area (Å²) in [5.41, 5.74) is 4.84. The Kier molecular flexibility index (Phi) is 24.9. The molecule has 0 aliphatic carbocycles. The van der Waals surface area contributed by atoms with Gasteiger partial charge in [-0.2, -0.15) is 0 Å². The van der Waals surface area contributed by atoms with Crippen LogP contribution in [0.3, 0.4) is 0 Å². The molecule has 2 unspecified atom stereocenters. The van der Waals surface area contributed by atoms with E-state index in [1.165, 1.54) is 29.5 Å². The second kappa shape index (κ2) is 26.6. The number of hydrogen-bond acceptors (Lipinski definition) is 7. The van der Waals surface area contributed by atoms with E-state index in [0.717, 1.165) is 42.1 Å². The normalized spacial score (nSPS) is 11.5. The second-order valence-corrected chi connectivity index (χ2v) is 11.4. The van der Waals surface area contributed by atoms with Crippen LogP contribution in [0.2, 0.25) is 0 Å². The van der Waals surface area contributed by atoms with E-state index >= 15 is 0 Å². The summed E-state index contributed by atoms with van der Waals surface area (Å²) in [5, 5.41) is 28.7. The molecule has 0 aliphatic heterocycles. The summed E-state index contributed by atoms with van der Waals surface area (Å²) in [5.74, 6) is 2.99. The monoisotopic (exact) mass is 1080 g/mol. The van der Waals surface area contributed by atoms with Crippen LogP contribution in [0.1, 0.15) is 48.4 Å². The topological polar surface area (TPSA) is 97.6 Å². The van der Waals surface area contributed by atoms with Gasteiger partial charge in [0.05, 0.1) is 0 Å². The van der Waals surface area contributed by atoms with Crippen molar-refractivity contribution in [2.24, 2.45) is 0 Å². The van der Waals surface area contributed by atoms with Crippen molar-refractivity contribution in [1.29, 1.82) is 0 Å². The van der Waals surface area contributed by atoms with E-state index < -0.39 is 12.2 Å². The molecule has 0 saturated carbocycles. The van der Waals surface area contributed by atoms with Crippen molar-refractivity contribution in [3.8, 4) is 23.0 Å². The van der Waals surface area contributed by atoms with Crippen molar-refractivity contribution in [2.75, 3.05) is 33.0 Å². The van der Waals surface area contributed by atoms with Gasteiger partial charge >= 0.3 is 0 Å². The van der Waals surface area contributed by atoms with Gasteiger partial charge < -0.3 is 34.3 Å². The molecule has 0 aromatic heterocycles. The summed E-state index contributed by atoms with van der Waals surface area (Å²) in [6.07, 6.45) is 3.77. The third-order valence-corrected chi connectivity index (χ3v) is 7.10. The Hall–Kier alpha value is -1.16. The number of aliphatic hydroxyl groups excluding tert-OH is 3. The summed E-state index contributed by atoms with van der Waals surface area (Å²) < 4.78 is 22.2. The zero-order valence-electron chi connectivity index (χ0n) is 28.6. The van der Waals surface area contributed by atoms with E-state index in [1.807, 2.05) is 98.8 Å². The van der Waals surface area contributed by atoms with E-state index in [9.17, 15) is 10.2 Å². The SMILES string of the molecule is CCCCc1ccc(OCC(O)COc2ccc(C)cc2)cc1.Cc1ccc(OCC(O)COc2ccc(CCCO)cc2)cc1.[Ac].[Ac]. The van der Waals surface area contributed by atoms with Crippen LogP contribution in [0.4, 0.5) is 0 Å². The summed E-state index contributed by atoms with van der Waals surface area (Å²) in [4.78, 5) is 0. The molecule has 0 saturated heterocycles. The predicted molar refractivity (Wildman–Crippen MR) is 183 cm³/mol. The smallest absolute Gasteiger partial charge is 0.122 e. The van der Waals surface area contributed by atoms with Crippen molar-refractivity contribution in [2.45, 2.75) is 65.1 Å². The first-order valence-corrected chi connectivity index (χ1v) is 16.1. The zero-order chi connectivity index (χ0) is 33.0. The maximum Gasteiger partial charge on any atom is 0.122 e. The first-order chi connectivity index (χ1) is 22.3. The minimum atomic E-state index is -0.689. The Bertz CT molecular complexity index is 1240. The van der Waals surface area contributed by atoms with Gasteiger partial charge in [-0.15, -0.1) is 0 Å². The number of rotatable bonds is 18. The molecule has 4 aromatic rings. The molecule has 9 heteroatoms. The van der Waals surface area contributed by atoms with E-state index in [-0.39, 0.29) is 121 Å². The van der Waals surface area contributed by atoms with E-state index in [1.54, 1.807) is 0 Å². The summed E-state index contributed by atoms with van der Waals surface area (Å²) in [6, 6.07) is 31.2. The van der Waals surface area contributed by atoms with Crippen LogP contribution in [-0.2, 0) is 12.8 Å². The fourth-order valence-corrected chi connectivity index (χ4v) is 4.30. The fourth-order valence-electron chi connectivity index (χ4n) is 4.30. The van der Waals surface area contributed by atoms with Gasteiger partial charge in [0.15, 0.2) is 0 Å². The average Bonchev–Trinajstić information content (AvgIpc) is 3.08. The zero-order valence-corrected chi connectivity index (χ0v) is 38.1. The summed E-state index contributed by atoms with van der Waals surface area (Å²) in [6.45, 7) is 7.25. The number of aryl methyl sites for hydroxylation is 4. The molecule has 2 radical (unpaired) electrons. The Balaban J connectivity index is 0.000000461. The van der Waals surface area contributed by atoms with Crippen molar-refractivity contribution in [3.63, 3.8) is 0 Å². The van der Waals surface area contributed by atoms with Gasteiger partial charge in [0, 0.05) is 94.7 Å². The molecule has 0 aliphatic rings. The quantitative estimate of drug-likeness (QED) is 0.1000. The summed E-state index contributed by atoms with van der Waals surface area (Å²) >= 11 is 0. The average molecular weight is 1080 g/mol. The Morgan fingerprint density at radius 1 is 0.479 bits per heavy atom. The number of unbranched alkanes of at least 4 members (excludes halogenated alkanes) is 1. The fraction of sp³-hybridized carbons (Fsp3) is 0.385. The Labute approximate surface area is 358 Å². The third kappa shape index (κ3) is 19.3. The van der Waals surface area contributed by atoms with Crippen molar-refractivity contribution in [3.05, 3.63) is 119 Å². The number of aliphatic hydroxyl groups is 3. The van der Waals surface area contributed by atoms with Crippen LogP contribution in [0.25, 0.3) is 0 Å². The van der Waals surface area contributed by atoms with Gasteiger partial charge in [-0.1, -0.05) is 73.0 Å². The summed E-state index contributed by atoms with van der Waals surface area (Å²) in [7, 11) is 0. The van der Waals surface area contributed by atoms with Crippen molar-refractivity contribution in [1.82, 2.24) is 0 Å². The molecule has 0 spiro atoms. The molecule has 0 bridgehead atoms. The van der Waals surface area contributed by atoms with E-state index in [0.29, 0.717) is 5.75 Å². The number of ether oxygens (including phenoxy) is 4. The maximum absolute atomic E-state index is 9.95. The van der Waals surface area contributed by atoms with Crippen LogP contribution in [-0.4, -0.2) is 60.6 Å². The number of hydrogen-bond donors (Lipinski definition) is 3. The molecule has 0 heterocycles. The third-order valence-electron chi connectivity index (χ3n) is 7.10. The molecule has 254 valence electrons.